The lowest BCUT2D eigenvalue weighted by molar-refractivity contribution is -0.00713. The van der Waals surface area contributed by atoms with Gasteiger partial charge in [-0.1, -0.05) is 34.8 Å². The second kappa shape index (κ2) is 3.20. The van der Waals surface area contributed by atoms with Crippen LogP contribution in [-0.2, 0) is 0 Å². The zero-order chi connectivity index (χ0) is 9.52. The third kappa shape index (κ3) is 1.50. The second-order valence-corrected chi connectivity index (χ2v) is 3.96. The Hall–Kier alpha value is 0.270. The Bertz CT molecular complexity index is 268. The van der Waals surface area contributed by atoms with Crippen LogP contribution < -0.4 is 0 Å². The maximum Gasteiger partial charge on any atom is 0.128 e. The molecule has 2 nitrogen and oxygen atoms in total. The van der Waals surface area contributed by atoms with Crippen molar-refractivity contribution in [2.24, 2.45) is 0 Å². The molecule has 5 heteroatoms. The molecule has 2 unspecified atom stereocenters. The van der Waals surface area contributed by atoms with E-state index < -0.39 is 11.7 Å². The normalized spacial score (nSPS) is 36.8. The predicted octanol–water partition coefficient (Wildman–Crippen LogP) is 1.92. The Morgan fingerprint density at radius 3 is 2.42 bits per heavy atom. The number of rotatable bonds is 0. The average molecular weight is 229 g/mol. The molecule has 0 spiro atoms. The smallest absolute Gasteiger partial charge is 0.128 e. The van der Waals surface area contributed by atoms with Gasteiger partial charge in [0, 0.05) is 0 Å². The summed E-state index contributed by atoms with van der Waals surface area (Å²) in [5.41, 5.74) is -1.54. The highest BCUT2D eigenvalue weighted by molar-refractivity contribution is 6.42. The first kappa shape index (κ1) is 10.4. The van der Waals surface area contributed by atoms with E-state index in [0.717, 1.165) is 0 Å². The molecule has 0 aromatic carbocycles. The predicted molar refractivity (Wildman–Crippen MR) is 49.3 cm³/mol. The Balaban J connectivity index is 3.16. The molecule has 0 saturated carbocycles. The first-order valence-electron chi connectivity index (χ1n) is 3.20. The molecule has 2 N–H and O–H groups in total. The van der Waals surface area contributed by atoms with Crippen molar-refractivity contribution in [2.45, 2.75) is 18.6 Å². The lowest BCUT2D eigenvalue weighted by atomic mass is 9.94. The van der Waals surface area contributed by atoms with Crippen LogP contribution >= 0.6 is 34.8 Å². The number of allylic oxidation sites excluding steroid dienone is 2. The van der Waals surface area contributed by atoms with Crippen molar-refractivity contribution in [3.63, 3.8) is 0 Å². The molecule has 0 radical (unpaired) electrons. The quantitative estimate of drug-likeness (QED) is 0.666. The molecule has 0 aromatic rings. The van der Waals surface area contributed by atoms with E-state index in [1.807, 2.05) is 0 Å². The summed E-state index contributed by atoms with van der Waals surface area (Å²) in [5, 5.41) is 19.2. The molecule has 0 amide bonds. The fourth-order valence-electron chi connectivity index (χ4n) is 0.834. The standard InChI is InChI=1S/C7H7Cl3O2/c1-7(12)4(9)2-3(8)5(10)6(7)11/h2,6,11-12H,1H3. The summed E-state index contributed by atoms with van der Waals surface area (Å²) in [6, 6.07) is 0. The van der Waals surface area contributed by atoms with Gasteiger partial charge in [-0.05, 0) is 13.0 Å². The van der Waals surface area contributed by atoms with Crippen molar-refractivity contribution in [1.82, 2.24) is 0 Å². The minimum absolute atomic E-state index is 0.00562. The van der Waals surface area contributed by atoms with Gasteiger partial charge in [0.1, 0.15) is 11.7 Å². The highest BCUT2D eigenvalue weighted by atomic mass is 35.5. The Morgan fingerprint density at radius 2 is 1.92 bits per heavy atom. The minimum Gasteiger partial charge on any atom is -0.384 e. The van der Waals surface area contributed by atoms with Crippen LogP contribution in [0.4, 0.5) is 0 Å². The highest BCUT2D eigenvalue weighted by Gasteiger charge is 2.39. The van der Waals surface area contributed by atoms with E-state index in [1.165, 1.54) is 13.0 Å². The fourth-order valence-corrected chi connectivity index (χ4v) is 1.58. The van der Waals surface area contributed by atoms with E-state index in [0.29, 0.717) is 0 Å². The van der Waals surface area contributed by atoms with Crippen LogP contribution in [0.2, 0.25) is 0 Å². The highest BCUT2D eigenvalue weighted by Crippen LogP contribution is 2.37. The van der Waals surface area contributed by atoms with E-state index in [-0.39, 0.29) is 15.1 Å². The van der Waals surface area contributed by atoms with Crippen LogP contribution in [0, 0.1) is 0 Å². The van der Waals surface area contributed by atoms with E-state index in [1.54, 1.807) is 0 Å². The third-order valence-electron chi connectivity index (χ3n) is 1.74. The van der Waals surface area contributed by atoms with E-state index in [2.05, 4.69) is 0 Å². The van der Waals surface area contributed by atoms with Crippen LogP contribution in [0.5, 0.6) is 0 Å². The first-order chi connectivity index (χ1) is 5.37. The van der Waals surface area contributed by atoms with Crippen molar-refractivity contribution in [2.75, 3.05) is 0 Å². The van der Waals surface area contributed by atoms with Crippen LogP contribution in [0.3, 0.4) is 0 Å². The Morgan fingerprint density at radius 1 is 1.42 bits per heavy atom. The van der Waals surface area contributed by atoms with Crippen LogP contribution in [0.15, 0.2) is 21.2 Å². The maximum absolute atomic E-state index is 9.57. The summed E-state index contributed by atoms with van der Waals surface area (Å²) in [6.07, 6.45) is 0.0576. The topological polar surface area (TPSA) is 40.5 Å². The van der Waals surface area contributed by atoms with E-state index >= 15 is 0 Å². The summed E-state index contributed by atoms with van der Waals surface area (Å²) in [6.45, 7) is 1.36. The molecule has 0 aromatic heterocycles. The van der Waals surface area contributed by atoms with E-state index in [9.17, 15) is 10.2 Å². The van der Waals surface area contributed by atoms with Crippen molar-refractivity contribution >= 4 is 34.8 Å². The molecule has 0 aliphatic heterocycles. The summed E-state index contributed by atoms with van der Waals surface area (Å²) in [7, 11) is 0. The van der Waals surface area contributed by atoms with Gasteiger partial charge in [0.05, 0.1) is 15.1 Å². The largest absolute Gasteiger partial charge is 0.384 e. The molecule has 1 aliphatic carbocycles. The maximum atomic E-state index is 9.57. The van der Waals surface area contributed by atoms with Gasteiger partial charge in [-0.3, -0.25) is 0 Å². The number of halogens is 3. The summed E-state index contributed by atoms with van der Waals surface area (Å²) < 4.78 is 0. The van der Waals surface area contributed by atoms with Gasteiger partial charge < -0.3 is 10.2 Å². The van der Waals surface area contributed by atoms with Crippen molar-refractivity contribution < 1.29 is 10.2 Å². The molecule has 0 saturated heterocycles. The SMILES string of the molecule is CC1(O)C(Cl)=CC(Cl)=C(Cl)C1O. The molecule has 12 heavy (non-hydrogen) atoms. The lowest BCUT2D eigenvalue weighted by Crippen LogP contribution is -2.42. The molecule has 1 aliphatic rings. The number of hydrogen-bond acceptors (Lipinski definition) is 2. The Kier molecular flexibility index (Phi) is 2.76. The van der Waals surface area contributed by atoms with Gasteiger partial charge in [-0.15, -0.1) is 0 Å². The van der Waals surface area contributed by atoms with Crippen molar-refractivity contribution in [1.29, 1.82) is 0 Å². The van der Waals surface area contributed by atoms with Crippen molar-refractivity contribution in [3.8, 4) is 0 Å². The van der Waals surface area contributed by atoms with Gasteiger partial charge in [0.2, 0.25) is 0 Å². The zero-order valence-electron chi connectivity index (χ0n) is 6.18. The third-order valence-corrected chi connectivity index (χ3v) is 3.05. The number of hydrogen-bond donors (Lipinski definition) is 2. The van der Waals surface area contributed by atoms with Crippen LogP contribution in [0.25, 0.3) is 0 Å². The summed E-state index contributed by atoms with van der Waals surface area (Å²) in [4.78, 5) is 0. The molecular weight excluding hydrogens is 222 g/mol. The van der Waals surface area contributed by atoms with Crippen LogP contribution in [-0.4, -0.2) is 21.9 Å². The van der Waals surface area contributed by atoms with Gasteiger partial charge >= 0.3 is 0 Å². The van der Waals surface area contributed by atoms with Gasteiger partial charge in [0.15, 0.2) is 0 Å². The Labute approximate surface area is 85.0 Å². The zero-order valence-corrected chi connectivity index (χ0v) is 8.45. The average Bonchev–Trinajstić information content (AvgIpc) is 1.99. The molecule has 0 bridgehead atoms. The molecule has 68 valence electrons. The van der Waals surface area contributed by atoms with Gasteiger partial charge in [-0.25, -0.2) is 0 Å². The summed E-state index contributed by atoms with van der Waals surface area (Å²) >= 11 is 16.8. The first-order valence-corrected chi connectivity index (χ1v) is 4.34. The van der Waals surface area contributed by atoms with Crippen LogP contribution in [0.1, 0.15) is 6.92 Å². The second-order valence-electron chi connectivity index (χ2n) is 2.74. The number of aliphatic hydroxyl groups is 2. The molecule has 2 atom stereocenters. The van der Waals surface area contributed by atoms with Crippen molar-refractivity contribution in [3.05, 3.63) is 21.2 Å². The van der Waals surface area contributed by atoms with E-state index in [4.69, 9.17) is 34.8 Å². The molecular formula is C7H7Cl3O2. The van der Waals surface area contributed by atoms with Gasteiger partial charge in [-0.2, -0.15) is 0 Å². The molecule has 1 rings (SSSR count). The fraction of sp³-hybridized carbons (Fsp3) is 0.429. The molecule has 0 fully saturated rings. The number of aliphatic hydroxyl groups excluding tert-OH is 1. The lowest BCUT2D eigenvalue weighted by Gasteiger charge is -2.31. The van der Waals surface area contributed by atoms with Gasteiger partial charge in [0.25, 0.3) is 0 Å². The minimum atomic E-state index is -1.54. The summed E-state index contributed by atoms with van der Waals surface area (Å²) in [5.74, 6) is 0. The molecule has 0 heterocycles. The monoisotopic (exact) mass is 228 g/mol.